The summed E-state index contributed by atoms with van der Waals surface area (Å²) in [6.07, 6.45) is 0. The molecule has 0 bridgehead atoms. The van der Waals surface area contributed by atoms with Crippen molar-refractivity contribution in [2.24, 2.45) is 0 Å². The molecular weight excluding hydrogens is 182 g/mol. The first kappa shape index (κ1) is 12.3. The molecule has 0 aliphatic heterocycles. The zero-order chi connectivity index (χ0) is 10.4. The largest absolute Gasteiger partial charge is 0.377 e. The van der Waals surface area contributed by atoms with Crippen LogP contribution in [0.2, 0.25) is 5.02 Å². The van der Waals surface area contributed by atoms with Crippen molar-refractivity contribution in [1.29, 1.82) is 0 Å². The van der Waals surface area contributed by atoms with Crippen LogP contribution in [0.4, 0.5) is 5.69 Å². The fourth-order valence-electron chi connectivity index (χ4n) is 1.12. The molecule has 0 spiro atoms. The van der Waals surface area contributed by atoms with Crippen LogP contribution in [0.5, 0.6) is 0 Å². The molecule has 0 saturated heterocycles. The zero-order valence-electron chi connectivity index (χ0n) is 9.06. The van der Waals surface area contributed by atoms with Crippen molar-refractivity contribution in [3.63, 3.8) is 0 Å². The van der Waals surface area contributed by atoms with Gasteiger partial charge < -0.3 is 4.90 Å². The van der Waals surface area contributed by atoms with Crippen LogP contribution in [-0.2, 0) is 0 Å². The first-order valence-corrected chi connectivity index (χ1v) is 4.92. The minimum absolute atomic E-state index is 0.799. The van der Waals surface area contributed by atoms with Crippen LogP contribution in [0, 0.1) is 6.92 Å². The van der Waals surface area contributed by atoms with Gasteiger partial charge in [0.15, 0.2) is 0 Å². The number of benzene rings is 1. The second-order valence-electron chi connectivity index (χ2n) is 2.83. The predicted molar refractivity (Wildman–Crippen MR) is 61.9 cm³/mol. The number of rotatable bonds is 1. The Kier molecular flexibility index (Phi) is 5.56. The molecule has 1 rings (SSSR count). The van der Waals surface area contributed by atoms with Gasteiger partial charge in [-0.3, -0.25) is 0 Å². The Morgan fingerprint density at radius 2 is 1.69 bits per heavy atom. The molecular formula is C11H18ClN. The summed E-state index contributed by atoms with van der Waals surface area (Å²) in [6, 6.07) is 5.90. The second-order valence-corrected chi connectivity index (χ2v) is 3.26. The average molecular weight is 200 g/mol. The Hall–Kier alpha value is -0.690. The van der Waals surface area contributed by atoms with Crippen molar-refractivity contribution in [3.8, 4) is 0 Å². The van der Waals surface area contributed by atoms with Crippen LogP contribution >= 0.6 is 11.6 Å². The highest BCUT2D eigenvalue weighted by Crippen LogP contribution is 2.21. The van der Waals surface area contributed by atoms with Crippen molar-refractivity contribution in [1.82, 2.24) is 0 Å². The van der Waals surface area contributed by atoms with Gasteiger partial charge in [-0.15, -0.1) is 0 Å². The predicted octanol–water partition coefficient (Wildman–Crippen LogP) is 3.74. The van der Waals surface area contributed by atoms with Crippen molar-refractivity contribution >= 4 is 17.3 Å². The molecule has 0 fully saturated rings. The third-order valence-corrected chi connectivity index (χ3v) is 1.88. The SMILES string of the molecule is CC.Cc1cc(Cl)ccc1N(C)C. The molecule has 1 aromatic carbocycles. The maximum atomic E-state index is 5.80. The highest BCUT2D eigenvalue weighted by molar-refractivity contribution is 6.30. The summed E-state index contributed by atoms with van der Waals surface area (Å²) in [5, 5.41) is 0.799. The van der Waals surface area contributed by atoms with Gasteiger partial charge in [-0.2, -0.15) is 0 Å². The molecule has 0 atom stereocenters. The summed E-state index contributed by atoms with van der Waals surface area (Å²) in [5.74, 6) is 0. The summed E-state index contributed by atoms with van der Waals surface area (Å²) in [5.41, 5.74) is 2.43. The lowest BCUT2D eigenvalue weighted by molar-refractivity contribution is 1.11. The van der Waals surface area contributed by atoms with E-state index in [0.29, 0.717) is 0 Å². The van der Waals surface area contributed by atoms with Crippen LogP contribution in [0.3, 0.4) is 0 Å². The molecule has 0 unspecified atom stereocenters. The van der Waals surface area contributed by atoms with Crippen LogP contribution in [-0.4, -0.2) is 14.1 Å². The lowest BCUT2D eigenvalue weighted by atomic mass is 10.2. The zero-order valence-corrected chi connectivity index (χ0v) is 9.81. The molecule has 0 amide bonds. The van der Waals surface area contributed by atoms with E-state index in [1.165, 1.54) is 11.3 Å². The second kappa shape index (κ2) is 5.87. The minimum Gasteiger partial charge on any atom is -0.377 e. The molecule has 0 heterocycles. The molecule has 0 N–H and O–H groups in total. The van der Waals surface area contributed by atoms with E-state index in [4.69, 9.17) is 11.6 Å². The average Bonchev–Trinajstić information content (AvgIpc) is 2.07. The molecule has 13 heavy (non-hydrogen) atoms. The van der Waals surface area contributed by atoms with Crippen molar-refractivity contribution < 1.29 is 0 Å². The standard InChI is InChI=1S/C9H12ClN.C2H6/c1-7-6-8(10)4-5-9(7)11(2)3;1-2/h4-6H,1-3H3;1-2H3. The monoisotopic (exact) mass is 199 g/mol. The van der Waals surface area contributed by atoms with E-state index < -0.39 is 0 Å². The van der Waals surface area contributed by atoms with Gasteiger partial charge in [-0.1, -0.05) is 25.4 Å². The van der Waals surface area contributed by atoms with Gasteiger partial charge in [-0.05, 0) is 30.7 Å². The molecule has 0 aromatic heterocycles. The summed E-state index contributed by atoms with van der Waals surface area (Å²) >= 11 is 5.80. The molecule has 2 heteroatoms. The van der Waals surface area contributed by atoms with E-state index in [-0.39, 0.29) is 0 Å². The number of aryl methyl sites for hydroxylation is 1. The van der Waals surface area contributed by atoms with Gasteiger partial charge in [0.1, 0.15) is 0 Å². The topological polar surface area (TPSA) is 3.24 Å². The molecule has 0 aliphatic rings. The van der Waals surface area contributed by atoms with Crippen LogP contribution in [0.15, 0.2) is 18.2 Å². The number of anilines is 1. The smallest absolute Gasteiger partial charge is 0.0410 e. The lowest BCUT2D eigenvalue weighted by Gasteiger charge is -2.15. The lowest BCUT2D eigenvalue weighted by Crippen LogP contribution is -2.09. The van der Waals surface area contributed by atoms with Crippen LogP contribution < -0.4 is 4.90 Å². The number of nitrogens with zero attached hydrogens (tertiary/aromatic N) is 1. The van der Waals surface area contributed by atoms with E-state index in [0.717, 1.165) is 5.02 Å². The summed E-state index contributed by atoms with van der Waals surface area (Å²) < 4.78 is 0. The maximum Gasteiger partial charge on any atom is 0.0410 e. The fourth-order valence-corrected chi connectivity index (χ4v) is 1.35. The van der Waals surface area contributed by atoms with Gasteiger partial charge in [-0.25, -0.2) is 0 Å². The highest BCUT2D eigenvalue weighted by Gasteiger charge is 1.99. The Balaban J connectivity index is 0.000000671. The maximum absolute atomic E-state index is 5.80. The van der Waals surface area contributed by atoms with Gasteiger partial charge in [0.05, 0.1) is 0 Å². The molecule has 1 nitrogen and oxygen atoms in total. The van der Waals surface area contributed by atoms with Gasteiger partial charge in [0, 0.05) is 24.8 Å². The van der Waals surface area contributed by atoms with E-state index >= 15 is 0 Å². The molecule has 0 saturated carbocycles. The van der Waals surface area contributed by atoms with E-state index in [1.807, 2.05) is 46.1 Å². The fraction of sp³-hybridized carbons (Fsp3) is 0.455. The van der Waals surface area contributed by atoms with Crippen molar-refractivity contribution in [3.05, 3.63) is 28.8 Å². The van der Waals surface area contributed by atoms with E-state index in [2.05, 4.69) is 11.8 Å². The summed E-state index contributed by atoms with van der Waals surface area (Å²) in [4.78, 5) is 2.08. The third-order valence-electron chi connectivity index (χ3n) is 1.64. The molecule has 0 radical (unpaired) electrons. The van der Waals surface area contributed by atoms with Gasteiger partial charge >= 0.3 is 0 Å². The van der Waals surface area contributed by atoms with Gasteiger partial charge in [0.25, 0.3) is 0 Å². The van der Waals surface area contributed by atoms with Crippen molar-refractivity contribution in [2.75, 3.05) is 19.0 Å². The van der Waals surface area contributed by atoms with E-state index in [9.17, 15) is 0 Å². The van der Waals surface area contributed by atoms with E-state index in [1.54, 1.807) is 0 Å². The molecule has 74 valence electrons. The molecule has 1 aromatic rings. The third kappa shape index (κ3) is 3.69. The molecule has 0 aliphatic carbocycles. The van der Waals surface area contributed by atoms with Gasteiger partial charge in [0.2, 0.25) is 0 Å². The first-order chi connectivity index (χ1) is 6.11. The van der Waals surface area contributed by atoms with Crippen molar-refractivity contribution in [2.45, 2.75) is 20.8 Å². The summed E-state index contributed by atoms with van der Waals surface area (Å²) in [7, 11) is 4.05. The highest BCUT2D eigenvalue weighted by atomic mass is 35.5. The quantitative estimate of drug-likeness (QED) is 0.666. The Labute approximate surface area is 86.3 Å². The minimum atomic E-state index is 0.799. The first-order valence-electron chi connectivity index (χ1n) is 4.55. The Morgan fingerprint density at radius 3 is 2.08 bits per heavy atom. The Morgan fingerprint density at radius 1 is 1.15 bits per heavy atom. The van der Waals surface area contributed by atoms with Crippen LogP contribution in [0.25, 0.3) is 0 Å². The normalized spacial score (nSPS) is 8.77. The summed E-state index contributed by atoms with van der Waals surface area (Å²) in [6.45, 7) is 6.06. The number of hydrogen-bond donors (Lipinski definition) is 0. The number of halogens is 1. The Bertz CT molecular complexity index is 256. The number of hydrogen-bond acceptors (Lipinski definition) is 1. The van der Waals surface area contributed by atoms with Crippen LogP contribution in [0.1, 0.15) is 19.4 Å².